The van der Waals surface area contributed by atoms with E-state index >= 15 is 0 Å². The van der Waals surface area contributed by atoms with Gasteiger partial charge in [-0.15, -0.1) is 0 Å². The predicted octanol–water partition coefficient (Wildman–Crippen LogP) is 2.59. The Bertz CT molecular complexity index is 1320. The van der Waals surface area contributed by atoms with Gasteiger partial charge in [0.05, 0.1) is 16.1 Å². The number of rotatable bonds is 4. The van der Waals surface area contributed by atoms with Crippen molar-refractivity contribution in [3.8, 4) is 5.88 Å². The Kier molecular flexibility index (Phi) is 5.94. The molecule has 1 fully saturated rings. The average molecular weight is 503 g/mol. The summed E-state index contributed by atoms with van der Waals surface area (Å²) in [6.07, 6.45) is 9.86. The number of sulfone groups is 1. The van der Waals surface area contributed by atoms with Crippen molar-refractivity contribution in [3.05, 3.63) is 54.6 Å². The van der Waals surface area contributed by atoms with E-state index in [1.807, 2.05) is 10.8 Å². The second-order valence-electron chi connectivity index (χ2n) is 8.32. The molecule has 0 unspecified atom stereocenters. The van der Waals surface area contributed by atoms with Crippen molar-refractivity contribution in [3.63, 3.8) is 0 Å². The third-order valence-corrected chi connectivity index (χ3v) is 7.66. The Morgan fingerprint density at radius 1 is 1.21 bits per heavy atom. The van der Waals surface area contributed by atoms with Gasteiger partial charge >= 0.3 is 0 Å². The minimum Gasteiger partial charge on any atom is -0.474 e. The number of halogens is 1. The Labute approximate surface area is 202 Å². The molecule has 12 heteroatoms. The molecule has 34 heavy (non-hydrogen) atoms. The molecule has 0 saturated carbocycles. The number of benzene rings is 1. The molecule has 0 atom stereocenters. The van der Waals surface area contributed by atoms with Gasteiger partial charge in [-0.1, -0.05) is 0 Å². The Balaban J connectivity index is 1.29. The van der Waals surface area contributed by atoms with Crippen LogP contribution in [0.3, 0.4) is 0 Å². The maximum Gasteiger partial charge on any atom is 0.222 e. The lowest BCUT2D eigenvalue weighted by atomic mass is 10.1. The number of ether oxygens (including phenoxy) is 1. The highest BCUT2D eigenvalue weighted by Gasteiger charge is 2.30. The Morgan fingerprint density at radius 3 is 2.68 bits per heavy atom. The first-order chi connectivity index (χ1) is 16.3. The number of thiocarbonyl (C=S) groups is 1. The molecule has 0 bridgehead atoms. The molecule has 3 aromatic rings. The van der Waals surface area contributed by atoms with Crippen molar-refractivity contribution >= 4 is 38.7 Å². The number of anilines is 2. The van der Waals surface area contributed by atoms with Crippen molar-refractivity contribution < 1.29 is 17.5 Å². The van der Waals surface area contributed by atoms with Crippen molar-refractivity contribution in [2.45, 2.75) is 30.3 Å². The van der Waals surface area contributed by atoms with Crippen molar-refractivity contribution in [1.82, 2.24) is 24.4 Å². The van der Waals surface area contributed by atoms with Gasteiger partial charge in [-0.2, -0.15) is 0 Å². The van der Waals surface area contributed by atoms with Crippen LogP contribution in [0.2, 0.25) is 0 Å². The summed E-state index contributed by atoms with van der Waals surface area (Å²) in [5.74, 6) is 0.476. The molecule has 1 aromatic carbocycles. The summed E-state index contributed by atoms with van der Waals surface area (Å²) in [6.45, 7) is 2.02. The van der Waals surface area contributed by atoms with Crippen LogP contribution in [0.25, 0.3) is 0 Å². The van der Waals surface area contributed by atoms with Crippen LogP contribution < -0.4 is 9.64 Å². The smallest absolute Gasteiger partial charge is 0.222 e. The molecule has 5 rings (SSSR count). The Hall–Kier alpha value is -3.12. The molecule has 1 saturated heterocycles. The third kappa shape index (κ3) is 4.34. The fourth-order valence-electron chi connectivity index (χ4n) is 4.30. The van der Waals surface area contributed by atoms with E-state index in [2.05, 4.69) is 19.9 Å². The largest absolute Gasteiger partial charge is 0.474 e. The zero-order chi connectivity index (χ0) is 23.9. The van der Waals surface area contributed by atoms with E-state index in [4.69, 9.17) is 17.0 Å². The lowest BCUT2D eigenvalue weighted by Gasteiger charge is -2.33. The number of hydrogen-bond donors (Lipinski definition) is 0. The highest BCUT2D eigenvalue weighted by atomic mass is 32.2. The zero-order valence-corrected chi connectivity index (χ0v) is 20.1. The number of fused-ring (bicyclic) bond motifs is 1. The van der Waals surface area contributed by atoms with Crippen molar-refractivity contribution in [2.24, 2.45) is 0 Å². The van der Waals surface area contributed by atoms with Gasteiger partial charge in [0.25, 0.3) is 0 Å². The first-order valence-electron chi connectivity index (χ1n) is 10.9. The van der Waals surface area contributed by atoms with E-state index in [1.54, 1.807) is 17.4 Å². The van der Waals surface area contributed by atoms with Crippen molar-refractivity contribution in [2.75, 3.05) is 30.8 Å². The van der Waals surface area contributed by atoms with Crippen LogP contribution >= 0.6 is 12.2 Å². The van der Waals surface area contributed by atoms with Gasteiger partial charge in [0.2, 0.25) is 5.88 Å². The third-order valence-electron chi connectivity index (χ3n) is 6.08. The molecule has 2 aliphatic heterocycles. The van der Waals surface area contributed by atoms with Crippen LogP contribution in [-0.2, 0) is 16.3 Å². The number of hydrogen-bond acceptors (Lipinski definition) is 8. The molecule has 0 aliphatic carbocycles. The van der Waals surface area contributed by atoms with Gasteiger partial charge in [0.1, 0.15) is 30.4 Å². The van der Waals surface area contributed by atoms with E-state index in [1.165, 1.54) is 18.5 Å². The quantitative estimate of drug-likeness (QED) is 0.499. The van der Waals surface area contributed by atoms with Crippen LogP contribution in [0, 0.1) is 5.82 Å². The predicted molar refractivity (Wildman–Crippen MR) is 128 cm³/mol. The molecule has 4 heterocycles. The summed E-state index contributed by atoms with van der Waals surface area (Å²) in [7, 11) is -3.49. The van der Waals surface area contributed by atoms with Gasteiger partial charge in [-0.05, 0) is 36.8 Å². The van der Waals surface area contributed by atoms with E-state index in [0.29, 0.717) is 24.7 Å². The standard InChI is InChI=1S/C22H23FN6O3S2/c1-34(30,31)16-2-3-19(18(23)12-16)29-10-6-17-20(29)25-13-26-21(17)32-15-4-8-27(9-5-15)22(33)28-11-7-24-14-28/h2-3,7,11-15H,4-6,8-10H2,1H3. The molecule has 9 nitrogen and oxygen atoms in total. The topological polar surface area (TPSA) is 93.5 Å². The number of nitrogens with zero attached hydrogens (tertiary/aromatic N) is 6. The van der Waals surface area contributed by atoms with E-state index in [0.717, 1.165) is 48.9 Å². The van der Waals surface area contributed by atoms with Crippen LogP contribution in [0.4, 0.5) is 15.9 Å². The first kappa shape index (κ1) is 22.7. The van der Waals surface area contributed by atoms with Crippen LogP contribution in [-0.4, -0.2) is 69.9 Å². The fraction of sp³-hybridized carbons (Fsp3) is 0.364. The lowest BCUT2D eigenvalue weighted by Crippen LogP contribution is -2.43. The molecular weight excluding hydrogens is 479 g/mol. The summed E-state index contributed by atoms with van der Waals surface area (Å²) in [5.41, 5.74) is 1.10. The molecule has 0 spiro atoms. The van der Waals surface area contributed by atoms with Gasteiger partial charge in [-0.25, -0.2) is 27.8 Å². The average Bonchev–Trinajstić information content (AvgIpc) is 3.49. The minimum absolute atomic E-state index is 0.0133. The summed E-state index contributed by atoms with van der Waals surface area (Å²) in [6, 6.07) is 3.93. The molecular formula is C22H23FN6O3S2. The van der Waals surface area contributed by atoms with Gasteiger partial charge in [0, 0.05) is 51.1 Å². The van der Waals surface area contributed by atoms with E-state index in [9.17, 15) is 12.8 Å². The van der Waals surface area contributed by atoms with Crippen LogP contribution in [0.1, 0.15) is 18.4 Å². The highest BCUT2D eigenvalue weighted by Crippen LogP contribution is 2.38. The number of imidazole rings is 1. The second-order valence-corrected chi connectivity index (χ2v) is 10.7. The normalized spacial score (nSPS) is 16.5. The summed E-state index contributed by atoms with van der Waals surface area (Å²) in [4.78, 5) is 16.6. The Morgan fingerprint density at radius 2 is 2.00 bits per heavy atom. The maximum atomic E-state index is 14.8. The lowest BCUT2D eigenvalue weighted by molar-refractivity contribution is 0.124. The minimum atomic E-state index is -3.49. The summed E-state index contributed by atoms with van der Waals surface area (Å²) < 4.78 is 46.4. The highest BCUT2D eigenvalue weighted by molar-refractivity contribution is 7.90. The number of aromatic nitrogens is 4. The molecule has 2 aromatic heterocycles. The number of piperidine rings is 1. The zero-order valence-electron chi connectivity index (χ0n) is 18.5. The molecule has 0 radical (unpaired) electrons. The van der Waals surface area contributed by atoms with Gasteiger partial charge < -0.3 is 14.5 Å². The van der Waals surface area contributed by atoms with Gasteiger partial charge in [0.15, 0.2) is 14.9 Å². The fourth-order valence-corrected chi connectivity index (χ4v) is 5.22. The summed E-state index contributed by atoms with van der Waals surface area (Å²) in [5, 5.41) is 0.721. The molecule has 0 N–H and O–H groups in total. The van der Waals surface area contributed by atoms with Crippen LogP contribution in [0.5, 0.6) is 5.88 Å². The summed E-state index contributed by atoms with van der Waals surface area (Å²) >= 11 is 5.54. The number of likely N-dealkylation sites (tertiary alicyclic amines) is 1. The van der Waals surface area contributed by atoms with E-state index in [-0.39, 0.29) is 16.7 Å². The van der Waals surface area contributed by atoms with Crippen LogP contribution in [0.15, 0.2) is 48.1 Å². The van der Waals surface area contributed by atoms with E-state index < -0.39 is 15.7 Å². The second kappa shape index (κ2) is 8.91. The van der Waals surface area contributed by atoms with Gasteiger partial charge in [-0.3, -0.25) is 4.57 Å². The first-order valence-corrected chi connectivity index (χ1v) is 13.2. The monoisotopic (exact) mass is 502 g/mol. The van der Waals surface area contributed by atoms with Crippen molar-refractivity contribution in [1.29, 1.82) is 0 Å². The molecule has 2 aliphatic rings. The maximum absolute atomic E-state index is 14.8. The molecule has 0 amide bonds. The SMILES string of the molecule is CS(=O)(=O)c1ccc(N2CCc3c(OC4CCN(C(=S)n5ccnc5)CC4)ncnc32)c(F)c1. The molecule has 178 valence electrons.